The summed E-state index contributed by atoms with van der Waals surface area (Å²) in [4.78, 5) is 26.9. The van der Waals surface area contributed by atoms with E-state index in [-0.39, 0.29) is 5.91 Å². The Kier molecular flexibility index (Phi) is 7.00. The minimum atomic E-state index is -0.0494. The number of nitrogens with one attached hydrogen (secondary N) is 1. The zero-order valence-electron chi connectivity index (χ0n) is 21.4. The van der Waals surface area contributed by atoms with Gasteiger partial charge in [0.15, 0.2) is 5.65 Å². The Morgan fingerprint density at radius 2 is 1.81 bits per heavy atom. The number of hydrogen-bond acceptors (Lipinski definition) is 5. The van der Waals surface area contributed by atoms with E-state index in [0.29, 0.717) is 12.1 Å². The van der Waals surface area contributed by atoms with Gasteiger partial charge in [0.05, 0.1) is 0 Å². The van der Waals surface area contributed by atoms with E-state index in [1.54, 1.807) is 6.20 Å². The van der Waals surface area contributed by atoms with Crippen molar-refractivity contribution < 1.29 is 4.79 Å². The van der Waals surface area contributed by atoms with Gasteiger partial charge in [-0.2, -0.15) is 0 Å². The topological polar surface area (TPSA) is 66.3 Å². The third-order valence-electron chi connectivity index (χ3n) is 6.96. The summed E-state index contributed by atoms with van der Waals surface area (Å²) in [6, 6.07) is 18.2. The van der Waals surface area contributed by atoms with Gasteiger partial charge in [-0.3, -0.25) is 14.3 Å². The monoisotopic (exact) mass is 482 g/mol. The molecule has 5 rings (SSSR count). The molecule has 1 amide bonds. The van der Waals surface area contributed by atoms with Crippen LogP contribution in [0.25, 0.3) is 16.9 Å². The first-order valence-corrected chi connectivity index (χ1v) is 12.7. The lowest BCUT2D eigenvalue weighted by Crippen LogP contribution is -2.47. The van der Waals surface area contributed by atoms with Gasteiger partial charge in [0.2, 0.25) is 0 Å². The van der Waals surface area contributed by atoms with Crippen molar-refractivity contribution in [3.05, 3.63) is 83.3 Å². The molecule has 4 aromatic rings. The molecular weight excluding hydrogens is 448 g/mol. The van der Waals surface area contributed by atoms with E-state index in [1.165, 1.54) is 16.8 Å². The first-order valence-electron chi connectivity index (χ1n) is 12.7. The summed E-state index contributed by atoms with van der Waals surface area (Å²) in [5.74, 6) is 0.797. The fourth-order valence-corrected chi connectivity index (χ4v) is 5.00. The number of nitrogens with zero attached hydrogens (tertiary/aromatic N) is 5. The second kappa shape index (κ2) is 10.5. The van der Waals surface area contributed by atoms with Crippen molar-refractivity contribution in [1.82, 2.24) is 24.8 Å². The van der Waals surface area contributed by atoms with Crippen LogP contribution in [0.15, 0.2) is 60.8 Å². The molecule has 186 valence electrons. The summed E-state index contributed by atoms with van der Waals surface area (Å²) < 4.78 is 1.99. The zero-order chi connectivity index (χ0) is 25.1. The molecule has 0 spiro atoms. The number of pyridine rings is 1. The van der Waals surface area contributed by atoms with Gasteiger partial charge in [-0.15, -0.1) is 0 Å². The molecule has 7 heteroatoms. The molecule has 1 N–H and O–H groups in total. The Morgan fingerprint density at radius 3 is 2.64 bits per heavy atom. The number of anilines is 1. The Bertz CT molecular complexity index is 1370. The van der Waals surface area contributed by atoms with Crippen LogP contribution in [0.4, 0.5) is 5.69 Å². The van der Waals surface area contributed by atoms with Crippen LogP contribution in [0.3, 0.4) is 0 Å². The van der Waals surface area contributed by atoms with E-state index < -0.39 is 0 Å². The number of hydrogen-bond donors (Lipinski definition) is 1. The van der Waals surface area contributed by atoms with Crippen molar-refractivity contribution in [2.45, 2.75) is 27.2 Å². The highest BCUT2D eigenvalue weighted by atomic mass is 16.1. The molecule has 1 fully saturated rings. The van der Waals surface area contributed by atoms with Crippen LogP contribution in [-0.4, -0.2) is 64.6 Å². The Balaban J connectivity index is 1.12. The third kappa shape index (κ3) is 5.11. The first-order chi connectivity index (χ1) is 17.5. The molecule has 1 aliphatic rings. The largest absolute Gasteiger partial charge is 0.369 e. The van der Waals surface area contributed by atoms with E-state index in [1.807, 2.05) is 47.9 Å². The predicted molar refractivity (Wildman–Crippen MR) is 145 cm³/mol. The summed E-state index contributed by atoms with van der Waals surface area (Å²) >= 11 is 0. The van der Waals surface area contributed by atoms with Crippen molar-refractivity contribution in [2.75, 3.05) is 44.2 Å². The summed E-state index contributed by atoms with van der Waals surface area (Å²) in [5, 5.41) is 3.09. The predicted octanol–water partition coefficient (Wildman–Crippen LogP) is 4.29. The molecule has 0 radical (unpaired) electrons. The van der Waals surface area contributed by atoms with Gasteiger partial charge in [0, 0.05) is 55.9 Å². The first kappa shape index (κ1) is 24.0. The van der Waals surface area contributed by atoms with E-state index in [0.717, 1.165) is 61.8 Å². The van der Waals surface area contributed by atoms with E-state index >= 15 is 0 Å². The third-order valence-corrected chi connectivity index (χ3v) is 6.96. The van der Waals surface area contributed by atoms with E-state index in [4.69, 9.17) is 0 Å². The van der Waals surface area contributed by atoms with Crippen LogP contribution in [0, 0.1) is 20.8 Å². The molecule has 1 saturated heterocycles. The molecule has 1 aliphatic heterocycles. The fourth-order valence-electron chi connectivity index (χ4n) is 5.00. The van der Waals surface area contributed by atoms with E-state index in [9.17, 15) is 4.79 Å². The second-order valence-corrected chi connectivity index (χ2v) is 9.62. The van der Waals surface area contributed by atoms with Crippen molar-refractivity contribution in [2.24, 2.45) is 0 Å². The number of amides is 1. The minimum absolute atomic E-state index is 0.0494. The maximum Gasteiger partial charge on any atom is 0.251 e. The van der Waals surface area contributed by atoms with E-state index in [2.05, 4.69) is 57.1 Å². The van der Waals surface area contributed by atoms with Gasteiger partial charge in [-0.05, 0) is 81.3 Å². The van der Waals surface area contributed by atoms with Crippen LogP contribution < -0.4 is 10.2 Å². The summed E-state index contributed by atoms with van der Waals surface area (Å²) in [5.41, 5.74) is 7.19. The number of imidazole rings is 1. The molecule has 0 bridgehead atoms. The number of carbonyl (C=O) groups excluding carboxylic acids is 1. The Labute approximate surface area is 212 Å². The number of aryl methyl sites for hydroxylation is 3. The molecule has 2 aromatic carbocycles. The highest BCUT2D eigenvalue weighted by Gasteiger charge is 2.18. The smallest absolute Gasteiger partial charge is 0.251 e. The van der Waals surface area contributed by atoms with Gasteiger partial charge in [-0.25, -0.2) is 9.97 Å². The lowest BCUT2D eigenvalue weighted by Gasteiger charge is -2.37. The van der Waals surface area contributed by atoms with Gasteiger partial charge < -0.3 is 10.2 Å². The Hall–Kier alpha value is -3.71. The van der Waals surface area contributed by atoms with Crippen LogP contribution >= 0.6 is 0 Å². The quantitative estimate of drug-likeness (QED) is 0.398. The van der Waals surface area contributed by atoms with Crippen molar-refractivity contribution >= 4 is 22.8 Å². The maximum atomic E-state index is 12.9. The molecule has 2 aromatic heterocycles. The van der Waals surface area contributed by atoms with Crippen LogP contribution in [0.2, 0.25) is 0 Å². The number of rotatable bonds is 7. The van der Waals surface area contributed by atoms with Gasteiger partial charge >= 0.3 is 0 Å². The van der Waals surface area contributed by atoms with Crippen molar-refractivity contribution in [3.8, 4) is 5.69 Å². The number of aromatic nitrogens is 3. The lowest BCUT2D eigenvalue weighted by atomic mass is 10.1. The Morgan fingerprint density at radius 1 is 0.972 bits per heavy atom. The molecule has 3 heterocycles. The second-order valence-electron chi connectivity index (χ2n) is 9.62. The molecule has 0 saturated carbocycles. The number of fused-ring (bicyclic) bond motifs is 1. The minimum Gasteiger partial charge on any atom is -0.369 e. The van der Waals surface area contributed by atoms with Gasteiger partial charge in [-0.1, -0.05) is 18.2 Å². The molecule has 0 aliphatic carbocycles. The standard InChI is InChI=1S/C29H34N6O/c1-21-10-11-22(2)27(19-21)34-17-15-33(16-18-34)14-6-13-31-29(36)24-7-4-8-25(20-24)35-23(3)32-26-9-5-12-30-28(26)35/h4-5,7-12,19-20H,6,13-18H2,1-3H3,(H,31,36). The lowest BCUT2D eigenvalue weighted by molar-refractivity contribution is 0.0951. The summed E-state index contributed by atoms with van der Waals surface area (Å²) in [6.07, 6.45) is 2.70. The SMILES string of the molecule is Cc1ccc(C)c(N2CCN(CCCNC(=O)c3cccc(-n4c(C)nc5cccnc54)c3)CC2)c1. The average molecular weight is 483 g/mol. The van der Waals surface area contributed by atoms with Crippen LogP contribution in [0.1, 0.15) is 33.7 Å². The highest BCUT2D eigenvalue weighted by molar-refractivity contribution is 5.94. The molecule has 0 atom stereocenters. The summed E-state index contributed by atoms with van der Waals surface area (Å²) in [7, 11) is 0. The number of piperazine rings is 1. The summed E-state index contributed by atoms with van der Waals surface area (Å²) in [6.45, 7) is 12.1. The van der Waals surface area contributed by atoms with Gasteiger partial charge in [0.1, 0.15) is 11.3 Å². The molecule has 0 unspecified atom stereocenters. The average Bonchev–Trinajstić information content (AvgIpc) is 3.24. The highest BCUT2D eigenvalue weighted by Crippen LogP contribution is 2.23. The molecule has 7 nitrogen and oxygen atoms in total. The fraction of sp³-hybridized carbons (Fsp3) is 0.345. The van der Waals surface area contributed by atoms with Crippen molar-refractivity contribution in [1.29, 1.82) is 0 Å². The number of benzene rings is 2. The van der Waals surface area contributed by atoms with Crippen LogP contribution in [0.5, 0.6) is 0 Å². The van der Waals surface area contributed by atoms with Gasteiger partial charge in [0.25, 0.3) is 5.91 Å². The molecule has 36 heavy (non-hydrogen) atoms. The molecular formula is C29H34N6O. The normalized spacial score (nSPS) is 14.4. The van der Waals surface area contributed by atoms with Crippen LogP contribution in [-0.2, 0) is 0 Å². The zero-order valence-corrected chi connectivity index (χ0v) is 21.4. The number of carbonyl (C=O) groups is 1. The van der Waals surface area contributed by atoms with Crippen molar-refractivity contribution in [3.63, 3.8) is 0 Å². The maximum absolute atomic E-state index is 12.9.